The minimum Gasteiger partial charge on any atom is -0.480 e. The Morgan fingerprint density at radius 1 is 1.12 bits per heavy atom. The van der Waals surface area contributed by atoms with E-state index in [0.717, 1.165) is 28.6 Å². The first-order chi connectivity index (χ1) is 12.0. The SMILES string of the molecule is CC(C)c1ccc(C(c2cccc(Br)c2)N2CCCC2C(=O)O)cc1. The van der Waals surface area contributed by atoms with E-state index in [1.54, 1.807) is 0 Å². The van der Waals surface area contributed by atoms with E-state index in [2.05, 4.69) is 71.1 Å². The molecule has 1 N–H and O–H groups in total. The predicted octanol–water partition coefficient (Wildman–Crippen LogP) is 5.21. The molecule has 0 aromatic heterocycles. The number of likely N-dealkylation sites (tertiary alicyclic amines) is 1. The summed E-state index contributed by atoms with van der Waals surface area (Å²) >= 11 is 3.55. The van der Waals surface area contributed by atoms with Gasteiger partial charge in [-0.3, -0.25) is 9.69 Å². The Kier molecular flexibility index (Phi) is 5.60. The number of hydrogen-bond acceptors (Lipinski definition) is 2. The molecule has 0 amide bonds. The van der Waals surface area contributed by atoms with Gasteiger partial charge in [-0.2, -0.15) is 0 Å². The Morgan fingerprint density at radius 2 is 1.80 bits per heavy atom. The minimum absolute atomic E-state index is 0.0395. The van der Waals surface area contributed by atoms with Crippen LogP contribution in [0.25, 0.3) is 0 Å². The van der Waals surface area contributed by atoms with Crippen LogP contribution in [0.5, 0.6) is 0 Å². The van der Waals surface area contributed by atoms with E-state index < -0.39 is 12.0 Å². The Balaban J connectivity index is 2.04. The molecule has 1 fully saturated rings. The van der Waals surface area contributed by atoms with E-state index in [4.69, 9.17) is 0 Å². The van der Waals surface area contributed by atoms with Gasteiger partial charge >= 0.3 is 5.97 Å². The Bertz CT molecular complexity index is 742. The summed E-state index contributed by atoms with van der Waals surface area (Å²) in [6.45, 7) is 5.17. The van der Waals surface area contributed by atoms with Crippen LogP contribution in [0.15, 0.2) is 53.0 Å². The number of carboxylic acids is 1. The van der Waals surface area contributed by atoms with Gasteiger partial charge in [-0.1, -0.05) is 66.2 Å². The first-order valence-corrected chi connectivity index (χ1v) is 9.60. The third-order valence-corrected chi connectivity index (χ3v) is 5.49. The number of halogens is 1. The molecule has 2 atom stereocenters. The van der Waals surface area contributed by atoms with E-state index in [1.807, 2.05) is 12.1 Å². The average molecular weight is 402 g/mol. The minimum atomic E-state index is -0.726. The van der Waals surface area contributed by atoms with Crippen molar-refractivity contribution >= 4 is 21.9 Å². The number of benzene rings is 2. The molecule has 0 bridgehead atoms. The summed E-state index contributed by atoms with van der Waals surface area (Å²) in [6, 6.07) is 16.4. The molecule has 2 aromatic carbocycles. The van der Waals surface area contributed by atoms with Gasteiger partial charge in [0.15, 0.2) is 0 Å². The van der Waals surface area contributed by atoms with Crippen molar-refractivity contribution < 1.29 is 9.90 Å². The largest absolute Gasteiger partial charge is 0.480 e. The summed E-state index contributed by atoms with van der Waals surface area (Å²) in [5, 5.41) is 9.65. The van der Waals surface area contributed by atoms with Gasteiger partial charge in [-0.15, -0.1) is 0 Å². The van der Waals surface area contributed by atoms with E-state index >= 15 is 0 Å². The number of carboxylic acid groups (broad SMARTS) is 1. The molecule has 3 nitrogen and oxygen atoms in total. The van der Waals surface area contributed by atoms with Crippen LogP contribution in [0.2, 0.25) is 0 Å². The van der Waals surface area contributed by atoms with E-state index in [-0.39, 0.29) is 6.04 Å². The van der Waals surface area contributed by atoms with Crippen molar-refractivity contribution in [2.45, 2.75) is 44.7 Å². The van der Waals surface area contributed by atoms with Gasteiger partial charge in [-0.25, -0.2) is 0 Å². The smallest absolute Gasteiger partial charge is 0.320 e. The highest BCUT2D eigenvalue weighted by Gasteiger charge is 2.36. The van der Waals surface area contributed by atoms with Gasteiger partial charge in [0.25, 0.3) is 0 Å². The average Bonchev–Trinajstić information content (AvgIpc) is 3.05. The van der Waals surface area contributed by atoms with Crippen molar-refractivity contribution in [3.05, 3.63) is 69.7 Å². The molecule has 0 spiro atoms. The van der Waals surface area contributed by atoms with E-state index in [9.17, 15) is 9.90 Å². The van der Waals surface area contributed by atoms with Crippen LogP contribution in [-0.4, -0.2) is 28.6 Å². The summed E-state index contributed by atoms with van der Waals surface area (Å²) < 4.78 is 1.01. The quantitative estimate of drug-likeness (QED) is 0.746. The Hall–Kier alpha value is -1.65. The summed E-state index contributed by atoms with van der Waals surface area (Å²) in [5.41, 5.74) is 3.57. The number of nitrogens with zero attached hydrogens (tertiary/aromatic N) is 1. The van der Waals surface area contributed by atoms with Crippen LogP contribution in [0, 0.1) is 0 Å². The van der Waals surface area contributed by atoms with E-state index in [0.29, 0.717) is 12.3 Å². The summed E-state index contributed by atoms with van der Waals surface area (Å²) in [6.07, 6.45) is 1.63. The second kappa shape index (κ2) is 7.71. The normalized spacial score (nSPS) is 19.3. The fourth-order valence-corrected chi connectivity index (χ4v) is 4.10. The van der Waals surface area contributed by atoms with Crippen LogP contribution in [0.1, 0.15) is 55.3 Å². The fraction of sp³-hybridized carbons (Fsp3) is 0.381. The van der Waals surface area contributed by atoms with Crippen molar-refractivity contribution in [1.82, 2.24) is 4.90 Å². The standard InChI is InChI=1S/C21H24BrNO2/c1-14(2)15-8-10-16(11-9-15)20(17-5-3-6-18(22)13-17)23-12-4-7-19(23)21(24)25/h3,5-6,8-11,13-14,19-20H,4,7,12H2,1-2H3,(H,24,25). The molecule has 1 aliphatic heterocycles. The van der Waals surface area contributed by atoms with Gasteiger partial charge in [0.2, 0.25) is 0 Å². The van der Waals surface area contributed by atoms with Gasteiger partial charge in [0, 0.05) is 11.0 Å². The topological polar surface area (TPSA) is 40.5 Å². The summed E-state index contributed by atoms with van der Waals surface area (Å²) in [5.74, 6) is -0.242. The highest BCUT2D eigenvalue weighted by atomic mass is 79.9. The predicted molar refractivity (Wildman–Crippen MR) is 104 cm³/mol. The first-order valence-electron chi connectivity index (χ1n) is 8.81. The second-order valence-electron chi connectivity index (χ2n) is 7.01. The molecule has 25 heavy (non-hydrogen) atoms. The molecule has 1 heterocycles. The zero-order valence-electron chi connectivity index (χ0n) is 14.7. The maximum absolute atomic E-state index is 11.7. The fourth-order valence-electron chi connectivity index (χ4n) is 3.68. The molecule has 0 saturated carbocycles. The lowest BCUT2D eigenvalue weighted by molar-refractivity contribution is -0.142. The molecule has 1 saturated heterocycles. The Labute approximate surface area is 157 Å². The van der Waals surface area contributed by atoms with Crippen LogP contribution in [-0.2, 0) is 4.79 Å². The molecular formula is C21H24BrNO2. The second-order valence-corrected chi connectivity index (χ2v) is 7.93. The van der Waals surface area contributed by atoms with Crippen molar-refractivity contribution in [2.75, 3.05) is 6.54 Å². The lowest BCUT2D eigenvalue weighted by Crippen LogP contribution is -2.39. The van der Waals surface area contributed by atoms with Crippen molar-refractivity contribution in [3.63, 3.8) is 0 Å². The molecule has 2 unspecified atom stereocenters. The maximum Gasteiger partial charge on any atom is 0.320 e. The third kappa shape index (κ3) is 3.96. The van der Waals surface area contributed by atoms with Crippen LogP contribution in [0.3, 0.4) is 0 Å². The molecule has 4 heteroatoms. The highest BCUT2D eigenvalue weighted by molar-refractivity contribution is 9.10. The van der Waals surface area contributed by atoms with Crippen LogP contribution < -0.4 is 0 Å². The first kappa shape index (κ1) is 18.2. The van der Waals surface area contributed by atoms with Gasteiger partial charge in [-0.05, 0) is 47.6 Å². The molecule has 0 aliphatic carbocycles. The Morgan fingerprint density at radius 3 is 2.40 bits per heavy atom. The van der Waals surface area contributed by atoms with Crippen molar-refractivity contribution in [3.8, 4) is 0 Å². The summed E-state index contributed by atoms with van der Waals surface area (Å²) in [7, 11) is 0. The third-order valence-electron chi connectivity index (χ3n) is 4.99. The number of aliphatic carboxylic acids is 1. The van der Waals surface area contributed by atoms with E-state index in [1.165, 1.54) is 5.56 Å². The molecule has 3 rings (SSSR count). The van der Waals surface area contributed by atoms with Crippen molar-refractivity contribution in [2.24, 2.45) is 0 Å². The zero-order valence-corrected chi connectivity index (χ0v) is 16.2. The van der Waals surface area contributed by atoms with Crippen LogP contribution >= 0.6 is 15.9 Å². The maximum atomic E-state index is 11.7. The van der Waals surface area contributed by atoms with Crippen LogP contribution in [0.4, 0.5) is 0 Å². The zero-order chi connectivity index (χ0) is 18.0. The molecule has 0 radical (unpaired) electrons. The van der Waals surface area contributed by atoms with Gasteiger partial charge in [0.05, 0.1) is 6.04 Å². The highest BCUT2D eigenvalue weighted by Crippen LogP contribution is 2.36. The molecule has 2 aromatic rings. The number of carbonyl (C=O) groups is 1. The lowest BCUT2D eigenvalue weighted by Gasteiger charge is -2.32. The molecule has 132 valence electrons. The number of hydrogen-bond donors (Lipinski definition) is 1. The lowest BCUT2D eigenvalue weighted by atomic mass is 9.93. The number of rotatable bonds is 5. The van der Waals surface area contributed by atoms with Gasteiger partial charge in [0.1, 0.15) is 6.04 Å². The molecule has 1 aliphatic rings. The summed E-state index contributed by atoms with van der Waals surface area (Å²) in [4.78, 5) is 13.9. The van der Waals surface area contributed by atoms with Gasteiger partial charge < -0.3 is 5.11 Å². The van der Waals surface area contributed by atoms with Crippen molar-refractivity contribution in [1.29, 1.82) is 0 Å². The molecular weight excluding hydrogens is 378 g/mol. The monoisotopic (exact) mass is 401 g/mol.